The normalized spacial score (nSPS) is 23.4. The van der Waals surface area contributed by atoms with Crippen molar-refractivity contribution in [3.05, 3.63) is 84.1 Å². The maximum atomic E-state index is 13.1. The van der Waals surface area contributed by atoms with Crippen LogP contribution in [-0.2, 0) is 19.1 Å². The van der Waals surface area contributed by atoms with E-state index in [1.54, 1.807) is 0 Å². The Morgan fingerprint density at radius 2 is 1.59 bits per heavy atom. The summed E-state index contributed by atoms with van der Waals surface area (Å²) in [5.74, 6) is -1.09. The Hall–Kier alpha value is -3.61. The number of amides is 2. The Bertz CT molecular complexity index is 960. The van der Waals surface area contributed by atoms with Gasteiger partial charge < -0.3 is 9.47 Å². The number of carbonyl (C=O) groups is 3. The van der Waals surface area contributed by atoms with Crippen LogP contribution >= 0.6 is 0 Å². The third-order valence-electron chi connectivity index (χ3n) is 5.32. The molecule has 2 saturated heterocycles. The maximum Gasteiger partial charge on any atom is 0.411 e. The van der Waals surface area contributed by atoms with Crippen LogP contribution in [0.1, 0.15) is 23.2 Å². The minimum absolute atomic E-state index is 0.0635. The van der Waals surface area contributed by atoms with Gasteiger partial charge in [-0.2, -0.15) is 0 Å². The highest BCUT2D eigenvalue weighted by Crippen LogP contribution is 2.45. The van der Waals surface area contributed by atoms with Gasteiger partial charge in [-0.3, -0.25) is 14.6 Å². The Morgan fingerprint density at radius 3 is 2.17 bits per heavy atom. The number of cyclic esters (lactones) is 1. The lowest BCUT2D eigenvalue weighted by Gasteiger charge is -2.50. The van der Waals surface area contributed by atoms with Gasteiger partial charge in [0.25, 0.3) is 5.91 Å². The van der Waals surface area contributed by atoms with E-state index >= 15 is 0 Å². The lowest BCUT2D eigenvalue weighted by atomic mass is 9.85. The zero-order valence-electron chi connectivity index (χ0n) is 15.9. The van der Waals surface area contributed by atoms with Crippen molar-refractivity contribution in [2.45, 2.75) is 18.1 Å². The first kappa shape index (κ1) is 18.7. The molecule has 2 aliphatic heterocycles. The van der Waals surface area contributed by atoms with E-state index in [9.17, 15) is 14.4 Å². The van der Waals surface area contributed by atoms with Gasteiger partial charge in [0.2, 0.25) is 0 Å². The number of nitrogens with zero attached hydrogens (tertiary/aromatic N) is 2. The molecule has 4 rings (SSSR count). The smallest absolute Gasteiger partial charge is 0.411 e. The van der Waals surface area contributed by atoms with Gasteiger partial charge in [0, 0.05) is 0 Å². The zero-order chi connectivity index (χ0) is 20.5. The van der Waals surface area contributed by atoms with Crippen LogP contribution in [0.5, 0.6) is 0 Å². The number of esters is 1. The van der Waals surface area contributed by atoms with Gasteiger partial charge in [-0.15, -0.1) is 0 Å². The fraction of sp³-hybridized carbons (Fsp3) is 0.227. The molecule has 0 saturated carbocycles. The second-order valence-corrected chi connectivity index (χ2v) is 6.86. The van der Waals surface area contributed by atoms with Crippen LogP contribution < -0.4 is 0 Å². The van der Waals surface area contributed by atoms with E-state index in [-0.39, 0.29) is 12.3 Å². The molecule has 7 nitrogen and oxygen atoms in total. The highest BCUT2D eigenvalue weighted by atomic mass is 16.6. The first-order valence-electron chi connectivity index (χ1n) is 9.20. The summed E-state index contributed by atoms with van der Waals surface area (Å²) >= 11 is 0. The third kappa shape index (κ3) is 3.04. The lowest BCUT2D eigenvalue weighted by molar-refractivity contribution is -0.159. The molecule has 0 unspecified atom stereocenters. The van der Waals surface area contributed by atoms with Crippen molar-refractivity contribution in [1.82, 2.24) is 9.80 Å². The largest absolute Gasteiger partial charge is 0.464 e. The van der Waals surface area contributed by atoms with Crippen LogP contribution in [-0.4, -0.2) is 47.5 Å². The predicted octanol–water partition coefficient (Wildman–Crippen LogP) is 2.82. The standard InChI is InChI=1S/C22H20N2O5/c1-14(21(26)28-2)23-18(16-11-7-4-8-12-16)19(20(23)25)24-17(13-29-22(24)27)15-9-5-3-6-10-15/h3-12,17-19H,1,13H2,2H3/t17-,18-,19+/m1/s1. The number of ether oxygens (including phenoxy) is 2. The first-order chi connectivity index (χ1) is 14.0. The monoisotopic (exact) mass is 392 g/mol. The Kier molecular flexibility index (Phi) is 4.80. The van der Waals surface area contributed by atoms with Crippen LogP contribution in [0.4, 0.5) is 4.79 Å². The topological polar surface area (TPSA) is 76.2 Å². The van der Waals surface area contributed by atoms with E-state index in [1.807, 2.05) is 60.7 Å². The third-order valence-corrected chi connectivity index (χ3v) is 5.32. The molecule has 2 aliphatic rings. The number of hydrogen-bond donors (Lipinski definition) is 0. The molecule has 3 atom stereocenters. The fourth-order valence-corrected chi connectivity index (χ4v) is 3.92. The highest BCUT2D eigenvalue weighted by molar-refractivity contribution is 6.01. The quantitative estimate of drug-likeness (QED) is 0.444. The van der Waals surface area contributed by atoms with Gasteiger partial charge in [-0.25, -0.2) is 9.59 Å². The molecule has 2 amide bonds. The molecule has 148 valence electrons. The zero-order valence-corrected chi connectivity index (χ0v) is 15.9. The minimum Gasteiger partial charge on any atom is -0.464 e. The van der Waals surface area contributed by atoms with Crippen LogP contribution in [0, 0.1) is 0 Å². The minimum atomic E-state index is -0.806. The molecule has 0 bridgehead atoms. The molecule has 0 aromatic heterocycles. The van der Waals surface area contributed by atoms with E-state index in [1.165, 1.54) is 16.9 Å². The molecule has 7 heteroatoms. The van der Waals surface area contributed by atoms with Crippen LogP contribution in [0.15, 0.2) is 72.9 Å². The van der Waals surface area contributed by atoms with Crippen molar-refractivity contribution >= 4 is 18.0 Å². The van der Waals surface area contributed by atoms with E-state index < -0.39 is 36.1 Å². The van der Waals surface area contributed by atoms with Gasteiger partial charge in [0.15, 0.2) is 0 Å². The van der Waals surface area contributed by atoms with Crippen molar-refractivity contribution in [3.8, 4) is 0 Å². The summed E-state index contributed by atoms with van der Waals surface area (Å²) in [6.07, 6.45) is -0.554. The van der Waals surface area contributed by atoms with Crippen LogP contribution in [0.25, 0.3) is 0 Å². The summed E-state index contributed by atoms with van der Waals surface area (Å²) in [7, 11) is 1.23. The first-order valence-corrected chi connectivity index (χ1v) is 9.20. The lowest BCUT2D eigenvalue weighted by Crippen LogP contribution is -2.66. The Labute approximate surface area is 168 Å². The molecule has 2 aromatic carbocycles. The van der Waals surface area contributed by atoms with E-state index in [0.29, 0.717) is 0 Å². The average Bonchev–Trinajstić information content (AvgIpc) is 3.13. The summed E-state index contributed by atoms with van der Waals surface area (Å²) in [6, 6.07) is 16.9. The Balaban J connectivity index is 1.73. The van der Waals surface area contributed by atoms with Gasteiger partial charge >= 0.3 is 12.1 Å². The molecule has 2 fully saturated rings. The summed E-state index contributed by atoms with van der Waals surface area (Å²) in [5, 5.41) is 0. The molecular weight excluding hydrogens is 372 g/mol. The molecule has 2 aromatic rings. The number of hydrogen-bond acceptors (Lipinski definition) is 5. The highest BCUT2D eigenvalue weighted by Gasteiger charge is 2.58. The SMILES string of the molecule is C=C(C(=O)OC)N1C(=O)[C@@H](N2C(=O)OC[C@@H]2c2ccccc2)[C@H]1c1ccccc1. The predicted molar refractivity (Wildman–Crippen MR) is 103 cm³/mol. The van der Waals surface area contributed by atoms with Gasteiger partial charge in [-0.1, -0.05) is 67.2 Å². The van der Waals surface area contributed by atoms with Crippen LogP contribution in [0.2, 0.25) is 0 Å². The van der Waals surface area contributed by atoms with Gasteiger partial charge in [0.05, 0.1) is 19.2 Å². The van der Waals surface area contributed by atoms with Crippen LogP contribution in [0.3, 0.4) is 0 Å². The molecule has 29 heavy (non-hydrogen) atoms. The van der Waals surface area contributed by atoms with Crippen molar-refractivity contribution in [3.63, 3.8) is 0 Å². The van der Waals surface area contributed by atoms with Crippen molar-refractivity contribution in [2.75, 3.05) is 13.7 Å². The molecule has 0 aliphatic carbocycles. The summed E-state index contributed by atoms with van der Waals surface area (Å²) in [6.45, 7) is 3.89. The van der Waals surface area contributed by atoms with E-state index in [0.717, 1.165) is 11.1 Å². The van der Waals surface area contributed by atoms with Crippen molar-refractivity contribution in [2.24, 2.45) is 0 Å². The molecule has 2 heterocycles. The number of β-lactam (4-membered cyclic amide) rings is 1. The van der Waals surface area contributed by atoms with E-state index in [4.69, 9.17) is 9.47 Å². The summed E-state index contributed by atoms with van der Waals surface area (Å²) in [4.78, 5) is 40.5. The van der Waals surface area contributed by atoms with Crippen molar-refractivity contribution in [1.29, 1.82) is 0 Å². The van der Waals surface area contributed by atoms with Gasteiger partial charge in [0.1, 0.15) is 18.3 Å². The molecular formula is C22H20N2O5. The number of rotatable bonds is 5. The molecule has 0 N–H and O–H groups in total. The summed E-state index contributed by atoms with van der Waals surface area (Å²) in [5.41, 5.74) is 1.60. The number of likely N-dealkylation sites (tertiary alicyclic amines) is 1. The average molecular weight is 392 g/mol. The van der Waals surface area contributed by atoms with Crippen molar-refractivity contribution < 1.29 is 23.9 Å². The number of methoxy groups -OCH3 is 1. The molecule has 0 radical (unpaired) electrons. The Morgan fingerprint density at radius 1 is 1.00 bits per heavy atom. The second-order valence-electron chi connectivity index (χ2n) is 6.86. The summed E-state index contributed by atoms with van der Waals surface area (Å²) < 4.78 is 10.0. The number of benzene rings is 2. The second kappa shape index (κ2) is 7.43. The number of carbonyl (C=O) groups excluding carboxylic acids is 3. The maximum absolute atomic E-state index is 13.1. The van der Waals surface area contributed by atoms with E-state index in [2.05, 4.69) is 6.58 Å². The fourth-order valence-electron chi connectivity index (χ4n) is 3.92. The van der Waals surface area contributed by atoms with Gasteiger partial charge in [-0.05, 0) is 11.1 Å². The molecule has 0 spiro atoms.